The minimum absolute atomic E-state index is 0.274. The smallest absolute Gasteiger partial charge is 0.406 e. The molecule has 100 valence electrons. The maximum Gasteiger partial charge on any atom is 0.573 e. The number of carbonyl (C=O) groups is 1. The number of amides is 1. The van der Waals surface area contributed by atoms with Crippen molar-refractivity contribution in [2.24, 2.45) is 5.73 Å². The molecule has 1 amide bonds. The Bertz CT molecular complexity index is 426. The van der Waals surface area contributed by atoms with Gasteiger partial charge in [-0.15, -0.1) is 13.2 Å². The van der Waals surface area contributed by atoms with E-state index < -0.39 is 23.6 Å². The molecule has 1 aromatic carbocycles. The van der Waals surface area contributed by atoms with Crippen molar-refractivity contribution in [3.05, 3.63) is 29.8 Å². The number of alkyl halides is 3. The number of hydrogen-bond donors (Lipinski definition) is 2. The Labute approximate surface area is 101 Å². The average Bonchev–Trinajstić information content (AvgIpc) is 2.13. The topological polar surface area (TPSA) is 72.5 Å². The molecule has 0 spiro atoms. The molecular weight excluding hydrogens is 251 g/mol. The summed E-state index contributed by atoms with van der Waals surface area (Å²) in [6.45, 7) is 1.34. The van der Waals surface area contributed by atoms with Crippen LogP contribution in [-0.2, 0) is 10.4 Å². The maximum atomic E-state index is 11.9. The van der Waals surface area contributed by atoms with Gasteiger partial charge in [0.2, 0.25) is 5.91 Å². The van der Waals surface area contributed by atoms with Gasteiger partial charge in [-0.3, -0.25) is 4.79 Å². The van der Waals surface area contributed by atoms with Crippen molar-refractivity contribution in [1.29, 1.82) is 0 Å². The molecule has 0 heterocycles. The Balaban J connectivity index is 2.85. The predicted molar refractivity (Wildman–Crippen MR) is 56.5 cm³/mol. The van der Waals surface area contributed by atoms with Crippen molar-refractivity contribution in [2.45, 2.75) is 25.3 Å². The summed E-state index contributed by atoms with van der Waals surface area (Å²) < 4.78 is 39.4. The van der Waals surface area contributed by atoms with Crippen molar-refractivity contribution in [2.75, 3.05) is 0 Å². The van der Waals surface area contributed by atoms with Gasteiger partial charge in [-0.1, -0.05) is 12.1 Å². The van der Waals surface area contributed by atoms with Crippen LogP contribution in [0.3, 0.4) is 0 Å². The summed E-state index contributed by atoms with van der Waals surface area (Å²) in [5, 5.41) is 9.92. The van der Waals surface area contributed by atoms with Gasteiger partial charge >= 0.3 is 6.36 Å². The first-order valence-corrected chi connectivity index (χ1v) is 4.97. The Morgan fingerprint density at radius 1 is 1.33 bits per heavy atom. The molecule has 3 N–H and O–H groups in total. The Hall–Kier alpha value is -1.76. The van der Waals surface area contributed by atoms with Crippen LogP contribution >= 0.6 is 0 Å². The minimum atomic E-state index is -4.77. The molecular formula is C11H12F3NO3. The number of aliphatic hydroxyl groups is 1. The summed E-state index contributed by atoms with van der Waals surface area (Å²) in [7, 11) is 0. The van der Waals surface area contributed by atoms with Gasteiger partial charge in [0, 0.05) is 0 Å². The molecule has 0 aromatic heterocycles. The Morgan fingerprint density at radius 2 is 1.83 bits per heavy atom. The molecule has 0 aliphatic rings. The zero-order chi connectivity index (χ0) is 14.0. The molecule has 0 fully saturated rings. The highest BCUT2D eigenvalue weighted by atomic mass is 19.4. The largest absolute Gasteiger partial charge is 0.573 e. The lowest BCUT2D eigenvalue weighted by molar-refractivity contribution is -0.274. The van der Waals surface area contributed by atoms with Crippen LogP contribution in [0.4, 0.5) is 13.2 Å². The molecule has 0 radical (unpaired) electrons. The standard InChI is InChI=1S/C11H12F3NO3/c1-10(17,6-9(15)16)7-2-4-8(5-3-7)18-11(12,13)14/h2-5,17H,6H2,1H3,(H2,15,16). The number of nitrogens with two attached hydrogens (primary N) is 1. The van der Waals surface area contributed by atoms with Crippen LogP contribution in [0.1, 0.15) is 18.9 Å². The van der Waals surface area contributed by atoms with Gasteiger partial charge in [0.25, 0.3) is 0 Å². The van der Waals surface area contributed by atoms with Crippen LogP contribution in [0.15, 0.2) is 24.3 Å². The van der Waals surface area contributed by atoms with Gasteiger partial charge in [0.15, 0.2) is 0 Å². The molecule has 1 atom stereocenters. The van der Waals surface area contributed by atoms with Gasteiger partial charge in [-0.2, -0.15) is 0 Å². The van der Waals surface area contributed by atoms with E-state index in [1.807, 2.05) is 0 Å². The van der Waals surface area contributed by atoms with E-state index in [1.165, 1.54) is 19.1 Å². The van der Waals surface area contributed by atoms with E-state index >= 15 is 0 Å². The summed E-state index contributed by atoms with van der Waals surface area (Å²) >= 11 is 0. The SMILES string of the molecule is CC(O)(CC(N)=O)c1ccc(OC(F)(F)F)cc1. The molecule has 0 bridgehead atoms. The average molecular weight is 263 g/mol. The van der Waals surface area contributed by atoms with E-state index in [9.17, 15) is 23.1 Å². The lowest BCUT2D eigenvalue weighted by Crippen LogP contribution is -2.28. The van der Waals surface area contributed by atoms with Crippen LogP contribution in [0, 0.1) is 0 Å². The van der Waals surface area contributed by atoms with Crippen LogP contribution in [0.2, 0.25) is 0 Å². The van der Waals surface area contributed by atoms with Crippen molar-refractivity contribution < 1.29 is 27.8 Å². The summed E-state index contributed by atoms with van der Waals surface area (Å²) in [6, 6.07) is 4.59. The van der Waals surface area contributed by atoms with Gasteiger partial charge < -0.3 is 15.6 Å². The molecule has 7 heteroatoms. The number of primary amides is 1. The van der Waals surface area contributed by atoms with Crippen molar-refractivity contribution in [3.8, 4) is 5.75 Å². The molecule has 18 heavy (non-hydrogen) atoms. The third kappa shape index (κ3) is 4.25. The molecule has 1 rings (SSSR count). The van der Waals surface area contributed by atoms with Crippen molar-refractivity contribution in [3.63, 3.8) is 0 Å². The zero-order valence-corrected chi connectivity index (χ0v) is 9.49. The highest BCUT2D eigenvalue weighted by Crippen LogP contribution is 2.28. The molecule has 1 aromatic rings. The van der Waals surface area contributed by atoms with Crippen LogP contribution in [0.25, 0.3) is 0 Å². The van der Waals surface area contributed by atoms with E-state index in [0.29, 0.717) is 0 Å². The summed E-state index contributed by atoms with van der Waals surface area (Å²) in [4.78, 5) is 10.7. The van der Waals surface area contributed by atoms with Crippen molar-refractivity contribution >= 4 is 5.91 Å². The summed E-state index contributed by atoms with van der Waals surface area (Å²) in [6.07, 6.45) is -5.09. The van der Waals surface area contributed by atoms with Crippen molar-refractivity contribution in [1.82, 2.24) is 0 Å². The fourth-order valence-electron chi connectivity index (χ4n) is 1.46. The summed E-state index contributed by atoms with van der Waals surface area (Å²) in [5.74, 6) is -1.11. The molecule has 0 aliphatic carbocycles. The van der Waals surface area contributed by atoms with Gasteiger partial charge in [-0.25, -0.2) is 0 Å². The van der Waals surface area contributed by atoms with E-state index in [0.717, 1.165) is 12.1 Å². The quantitative estimate of drug-likeness (QED) is 0.867. The van der Waals surface area contributed by atoms with Crippen LogP contribution in [0.5, 0.6) is 5.75 Å². The second-order valence-electron chi connectivity index (χ2n) is 3.99. The maximum absolute atomic E-state index is 11.9. The number of ether oxygens (including phenoxy) is 1. The Kier molecular flexibility index (Phi) is 3.85. The van der Waals surface area contributed by atoms with E-state index in [2.05, 4.69) is 4.74 Å². The highest BCUT2D eigenvalue weighted by molar-refractivity contribution is 5.75. The minimum Gasteiger partial charge on any atom is -0.406 e. The molecule has 0 saturated heterocycles. The van der Waals surface area contributed by atoms with E-state index in [-0.39, 0.29) is 12.0 Å². The van der Waals surface area contributed by atoms with Crippen LogP contribution < -0.4 is 10.5 Å². The number of benzene rings is 1. The number of halogens is 3. The highest BCUT2D eigenvalue weighted by Gasteiger charge is 2.31. The lowest BCUT2D eigenvalue weighted by atomic mass is 9.92. The third-order valence-corrected chi connectivity index (χ3v) is 2.23. The molecule has 4 nitrogen and oxygen atoms in total. The second kappa shape index (κ2) is 4.85. The van der Waals surface area contributed by atoms with Gasteiger partial charge in [-0.05, 0) is 24.6 Å². The molecule has 0 saturated carbocycles. The molecule has 0 aliphatic heterocycles. The number of rotatable bonds is 4. The molecule has 1 unspecified atom stereocenters. The normalized spacial score (nSPS) is 14.9. The number of carbonyl (C=O) groups excluding carboxylic acids is 1. The van der Waals surface area contributed by atoms with E-state index in [1.54, 1.807) is 0 Å². The summed E-state index contributed by atoms with van der Waals surface area (Å²) in [5.41, 5.74) is 3.71. The first kappa shape index (κ1) is 14.3. The van der Waals surface area contributed by atoms with Gasteiger partial charge in [0.05, 0.1) is 12.0 Å². The fourth-order valence-corrected chi connectivity index (χ4v) is 1.46. The third-order valence-electron chi connectivity index (χ3n) is 2.23. The lowest BCUT2D eigenvalue weighted by Gasteiger charge is -2.22. The first-order valence-electron chi connectivity index (χ1n) is 4.97. The predicted octanol–water partition coefficient (Wildman–Crippen LogP) is 1.67. The number of hydrogen-bond acceptors (Lipinski definition) is 3. The zero-order valence-electron chi connectivity index (χ0n) is 9.49. The first-order chi connectivity index (χ1) is 8.10. The van der Waals surface area contributed by atoms with Crippen LogP contribution in [-0.4, -0.2) is 17.4 Å². The fraction of sp³-hybridized carbons (Fsp3) is 0.364. The van der Waals surface area contributed by atoms with Gasteiger partial charge in [0.1, 0.15) is 5.75 Å². The second-order valence-corrected chi connectivity index (χ2v) is 3.99. The van der Waals surface area contributed by atoms with E-state index in [4.69, 9.17) is 5.73 Å². The monoisotopic (exact) mass is 263 g/mol. The Morgan fingerprint density at radius 3 is 2.22 bits per heavy atom.